The summed E-state index contributed by atoms with van der Waals surface area (Å²) in [5, 5.41) is 0.976. The Morgan fingerprint density at radius 3 is 1.56 bits per heavy atom. The van der Waals surface area contributed by atoms with E-state index in [1.165, 1.54) is 51.4 Å². The Hall–Kier alpha value is -2.03. The number of nitrogens with zero attached hydrogens (tertiary/aromatic N) is 8. The minimum atomic E-state index is 0.129. The number of imidazole rings is 2. The number of unbranched alkanes of at least 4 members (excludes halogenated alkanes) is 9. The van der Waals surface area contributed by atoms with Gasteiger partial charge in [-0.05, 0) is 31.4 Å². The van der Waals surface area contributed by atoms with Gasteiger partial charge in [-0.3, -0.25) is 0 Å². The second kappa shape index (κ2) is 12.1. The van der Waals surface area contributed by atoms with Gasteiger partial charge in [0.15, 0.2) is 21.6 Å². The molecule has 0 aromatic carbocycles. The number of halogens is 3. The van der Waals surface area contributed by atoms with Crippen molar-refractivity contribution in [1.82, 2.24) is 39.0 Å². The van der Waals surface area contributed by atoms with Crippen LogP contribution >= 0.6 is 34.8 Å². The number of rotatable bonds is 13. The maximum Gasteiger partial charge on any atom is 0.225 e. The molecule has 8 nitrogen and oxygen atoms in total. The summed E-state index contributed by atoms with van der Waals surface area (Å²) in [7, 11) is 0. The van der Waals surface area contributed by atoms with Crippen molar-refractivity contribution in [3.8, 4) is 0 Å². The molecule has 0 amide bonds. The molecule has 4 heterocycles. The van der Waals surface area contributed by atoms with Crippen LogP contribution in [0, 0.1) is 6.92 Å². The van der Waals surface area contributed by atoms with Crippen molar-refractivity contribution in [2.75, 3.05) is 0 Å². The third-order valence-electron chi connectivity index (χ3n) is 5.99. The first kappa shape index (κ1) is 25.1. The largest absolute Gasteiger partial charge is 0.327 e. The number of hydrogen-bond acceptors (Lipinski definition) is 6. The van der Waals surface area contributed by atoms with Crippen LogP contribution in [-0.4, -0.2) is 39.0 Å². The summed E-state index contributed by atoms with van der Waals surface area (Å²) in [6.07, 6.45) is 15.8. The predicted molar refractivity (Wildman–Crippen MR) is 137 cm³/mol. The normalized spacial score (nSPS) is 11.8. The van der Waals surface area contributed by atoms with Crippen LogP contribution in [0.15, 0.2) is 12.7 Å². The molecular formula is C23H29Cl3N8. The zero-order valence-corrected chi connectivity index (χ0v) is 21.6. The zero-order chi connectivity index (χ0) is 23.9. The predicted octanol–water partition coefficient (Wildman–Crippen LogP) is 6.84. The Kier molecular flexibility index (Phi) is 8.92. The second-order valence-electron chi connectivity index (χ2n) is 8.60. The summed E-state index contributed by atoms with van der Waals surface area (Å²) in [6, 6.07) is 0. The molecule has 0 aliphatic heterocycles. The Balaban J connectivity index is 1.04. The highest BCUT2D eigenvalue weighted by molar-refractivity contribution is 6.35. The van der Waals surface area contributed by atoms with Gasteiger partial charge in [0, 0.05) is 13.1 Å². The molecule has 0 unspecified atom stereocenters. The standard InChI is InChI=1S/C23H29Cl3N8/c1-16-29-19(24)17-21(30-16)27-14-33(17)12-10-8-6-4-2-3-5-7-9-11-13-34-15-28-22-18(34)20(25)31-23(26)32-22/h14-15H,2-13H2,1H3. The van der Waals surface area contributed by atoms with Crippen molar-refractivity contribution >= 4 is 57.1 Å². The fourth-order valence-electron chi connectivity index (χ4n) is 4.27. The van der Waals surface area contributed by atoms with E-state index in [0.29, 0.717) is 27.4 Å². The van der Waals surface area contributed by atoms with Gasteiger partial charge in [0.05, 0.1) is 12.7 Å². The van der Waals surface area contributed by atoms with Crippen LogP contribution in [0.3, 0.4) is 0 Å². The summed E-state index contributed by atoms with van der Waals surface area (Å²) >= 11 is 18.3. The van der Waals surface area contributed by atoms with Crippen LogP contribution in [0.1, 0.15) is 70.0 Å². The Labute approximate surface area is 214 Å². The molecule has 4 aromatic rings. The van der Waals surface area contributed by atoms with Gasteiger partial charge < -0.3 is 9.13 Å². The molecule has 0 radical (unpaired) electrons. The highest BCUT2D eigenvalue weighted by Gasteiger charge is 2.11. The van der Waals surface area contributed by atoms with E-state index in [2.05, 4.69) is 34.5 Å². The molecule has 0 N–H and O–H groups in total. The number of aromatic nitrogens is 8. The smallest absolute Gasteiger partial charge is 0.225 e. The van der Waals surface area contributed by atoms with Gasteiger partial charge in [-0.2, -0.15) is 4.98 Å². The van der Waals surface area contributed by atoms with Crippen molar-refractivity contribution in [3.63, 3.8) is 0 Å². The van der Waals surface area contributed by atoms with E-state index in [0.717, 1.165) is 37.0 Å². The average molecular weight is 524 g/mol. The maximum atomic E-state index is 6.28. The fraction of sp³-hybridized carbons (Fsp3) is 0.565. The van der Waals surface area contributed by atoms with Crippen LogP contribution in [-0.2, 0) is 13.1 Å². The van der Waals surface area contributed by atoms with Crippen LogP contribution in [0.2, 0.25) is 15.6 Å². The minimum absolute atomic E-state index is 0.129. The van der Waals surface area contributed by atoms with Crippen LogP contribution < -0.4 is 0 Å². The molecule has 0 saturated carbocycles. The molecule has 0 spiro atoms. The lowest BCUT2D eigenvalue weighted by molar-refractivity contribution is 0.525. The number of fused-ring (bicyclic) bond motifs is 2. The summed E-state index contributed by atoms with van der Waals surface area (Å²) in [5.41, 5.74) is 2.84. The Bertz CT molecular complexity index is 1140. The van der Waals surface area contributed by atoms with Crippen molar-refractivity contribution in [2.45, 2.75) is 84.2 Å². The van der Waals surface area contributed by atoms with Gasteiger partial charge in [0.1, 0.15) is 16.9 Å². The van der Waals surface area contributed by atoms with Crippen LogP contribution in [0.4, 0.5) is 0 Å². The lowest BCUT2D eigenvalue weighted by Crippen LogP contribution is -1.99. The first-order chi connectivity index (χ1) is 16.5. The number of aryl methyl sites for hydroxylation is 3. The molecular weight excluding hydrogens is 495 g/mol. The van der Waals surface area contributed by atoms with E-state index in [4.69, 9.17) is 34.8 Å². The summed E-state index contributed by atoms with van der Waals surface area (Å²) in [6.45, 7) is 3.60. The van der Waals surface area contributed by atoms with E-state index < -0.39 is 0 Å². The zero-order valence-electron chi connectivity index (χ0n) is 19.4. The molecule has 182 valence electrons. The van der Waals surface area contributed by atoms with Gasteiger partial charge in [-0.15, -0.1) is 0 Å². The third kappa shape index (κ3) is 6.34. The first-order valence-corrected chi connectivity index (χ1v) is 13.0. The first-order valence-electron chi connectivity index (χ1n) is 11.9. The highest BCUT2D eigenvalue weighted by Crippen LogP contribution is 2.22. The van der Waals surface area contributed by atoms with Gasteiger partial charge in [0.2, 0.25) is 5.28 Å². The molecule has 0 atom stereocenters. The monoisotopic (exact) mass is 522 g/mol. The van der Waals surface area contributed by atoms with E-state index in [-0.39, 0.29) is 5.28 Å². The topological polar surface area (TPSA) is 87.2 Å². The van der Waals surface area contributed by atoms with E-state index in [1.54, 1.807) is 6.33 Å². The molecule has 0 saturated heterocycles. The van der Waals surface area contributed by atoms with Gasteiger partial charge in [-0.1, -0.05) is 74.6 Å². The van der Waals surface area contributed by atoms with E-state index in [9.17, 15) is 0 Å². The van der Waals surface area contributed by atoms with Crippen molar-refractivity contribution in [1.29, 1.82) is 0 Å². The van der Waals surface area contributed by atoms with Crippen molar-refractivity contribution in [2.24, 2.45) is 0 Å². The molecule has 11 heteroatoms. The lowest BCUT2D eigenvalue weighted by atomic mass is 10.1. The summed E-state index contributed by atoms with van der Waals surface area (Å²) in [5.74, 6) is 0.653. The highest BCUT2D eigenvalue weighted by atomic mass is 35.5. The molecule has 4 rings (SSSR count). The third-order valence-corrected chi connectivity index (χ3v) is 6.69. The molecule has 4 aromatic heterocycles. The lowest BCUT2D eigenvalue weighted by Gasteiger charge is -2.06. The maximum absolute atomic E-state index is 6.28. The Morgan fingerprint density at radius 1 is 0.588 bits per heavy atom. The van der Waals surface area contributed by atoms with Crippen molar-refractivity contribution < 1.29 is 0 Å². The summed E-state index contributed by atoms with van der Waals surface area (Å²) < 4.78 is 4.09. The molecule has 0 bridgehead atoms. The van der Waals surface area contributed by atoms with E-state index in [1.807, 2.05) is 17.8 Å². The second-order valence-corrected chi connectivity index (χ2v) is 9.66. The van der Waals surface area contributed by atoms with Gasteiger partial charge >= 0.3 is 0 Å². The van der Waals surface area contributed by atoms with Crippen LogP contribution in [0.5, 0.6) is 0 Å². The molecule has 34 heavy (non-hydrogen) atoms. The fourth-order valence-corrected chi connectivity index (χ4v) is 5.06. The Morgan fingerprint density at radius 2 is 1.03 bits per heavy atom. The van der Waals surface area contributed by atoms with Gasteiger partial charge in [0.25, 0.3) is 0 Å². The van der Waals surface area contributed by atoms with Crippen LogP contribution in [0.25, 0.3) is 22.3 Å². The SMILES string of the molecule is Cc1nc(Cl)c2c(ncn2CCCCCCCCCCCCn2cnc3nc(Cl)nc(Cl)c32)n1. The van der Waals surface area contributed by atoms with Crippen molar-refractivity contribution in [3.05, 3.63) is 34.1 Å². The average Bonchev–Trinajstić information content (AvgIpc) is 3.38. The minimum Gasteiger partial charge on any atom is -0.327 e. The molecule has 0 aliphatic carbocycles. The molecule has 0 aliphatic rings. The van der Waals surface area contributed by atoms with E-state index >= 15 is 0 Å². The summed E-state index contributed by atoms with van der Waals surface area (Å²) in [4.78, 5) is 25.3. The quantitative estimate of drug-likeness (QED) is 0.108. The molecule has 0 fully saturated rings. The number of hydrogen-bond donors (Lipinski definition) is 0. The van der Waals surface area contributed by atoms with Gasteiger partial charge in [-0.25, -0.2) is 24.9 Å².